The van der Waals surface area contributed by atoms with Gasteiger partial charge in [0.15, 0.2) is 0 Å². The molecule has 6 heteroatoms. The van der Waals surface area contributed by atoms with E-state index in [1.807, 2.05) is 6.92 Å². The second kappa shape index (κ2) is 7.47. The van der Waals surface area contributed by atoms with Gasteiger partial charge in [-0.1, -0.05) is 19.4 Å². The van der Waals surface area contributed by atoms with Crippen molar-refractivity contribution in [1.82, 2.24) is 5.32 Å². The minimum atomic E-state index is -0.967. The summed E-state index contributed by atoms with van der Waals surface area (Å²) in [6, 6.07) is 3.40. The number of benzene rings is 1. The second-order valence-electron chi connectivity index (χ2n) is 4.65. The van der Waals surface area contributed by atoms with Gasteiger partial charge in [-0.15, -0.1) is 0 Å². The molecule has 1 aromatic carbocycles. The molecule has 5 nitrogen and oxygen atoms in total. The first kappa shape index (κ1) is 15.9. The maximum Gasteiger partial charge on any atom is 0.319 e. The number of carboxylic acid groups (broad SMARTS) is 1. The lowest BCUT2D eigenvalue weighted by molar-refractivity contribution is -0.137. The number of anilines is 1. The van der Waals surface area contributed by atoms with Crippen LogP contribution in [0.2, 0.25) is 0 Å². The maximum absolute atomic E-state index is 13.3. The highest BCUT2D eigenvalue weighted by molar-refractivity contribution is 5.89. The number of hydrogen-bond acceptors (Lipinski definition) is 2. The molecule has 20 heavy (non-hydrogen) atoms. The summed E-state index contributed by atoms with van der Waals surface area (Å²) in [6.45, 7) is 3.53. The summed E-state index contributed by atoms with van der Waals surface area (Å²) in [4.78, 5) is 22.4. The molecule has 1 unspecified atom stereocenters. The average molecular weight is 282 g/mol. The Morgan fingerprint density at radius 3 is 2.65 bits per heavy atom. The van der Waals surface area contributed by atoms with Crippen LogP contribution in [0.4, 0.5) is 14.9 Å². The van der Waals surface area contributed by atoms with E-state index in [9.17, 15) is 14.0 Å². The van der Waals surface area contributed by atoms with E-state index in [-0.39, 0.29) is 6.42 Å². The van der Waals surface area contributed by atoms with Crippen molar-refractivity contribution in [2.24, 2.45) is 0 Å². The van der Waals surface area contributed by atoms with Crippen molar-refractivity contribution >= 4 is 17.7 Å². The molecule has 0 aliphatic rings. The lowest BCUT2D eigenvalue weighted by Gasteiger charge is -2.16. The summed E-state index contributed by atoms with van der Waals surface area (Å²) < 4.78 is 13.3. The fraction of sp³-hybridized carbons (Fsp3) is 0.429. The van der Waals surface area contributed by atoms with Gasteiger partial charge in [0.1, 0.15) is 5.82 Å². The number of amides is 2. The SMILES string of the molecule is CCCC(CC(=O)O)NC(=O)Nc1ccc(C)c(F)c1. The van der Waals surface area contributed by atoms with E-state index in [0.29, 0.717) is 17.7 Å². The Bertz CT molecular complexity index is 491. The molecule has 0 bridgehead atoms. The van der Waals surface area contributed by atoms with Gasteiger partial charge in [-0.25, -0.2) is 9.18 Å². The molecule has 1 aromatic rings. The zero-order valence-corrected chi connectivity index (χ0v) is 11.6. The predicted octanol–water partition coefficient (Wildman–Crippen LogP) is 2.90. The van der Waals surface area contributed by atoms with Gasteiger partial charge in [0, 0.05) is 11.7 Å². The molecule has 0 aliphatic carbocycles. The van der Waals surface area contributed by atoms with Crippen LogP contribution in [-0.4, -0.2) is 23.1 Å². The zero-order valence-electron chi connectivity index (χ0n) is 11.6. The highest BCUT2D eigenvalue weighted by atomic mass is 19.1. The fourth-order valence-electron chi connectivity index (χ4n) is 1.81. The quantitative estimate of drug-likeness (QED) is 0.750. The molecule has 0 radical (unpaired) electrons. The van der Waals surface area contributed by atoms with Gasteiger partial charge in [0.2, 0.25) is 0 Å². The number of aliphatic carboxylic acids is 1. The molecule has 1 rings (SSSR count). The minimum absolute atomic E-state index is 0.135. The third-order valence-corrected chi connectivity index (χ3v) is 2.82. The Labute approximate surface area is 117 Å². The molecule has 0 saturated carbocycles. The van der Waals surface area contributed by atoms with Crippen LogP contribution in [0.3, 0.4) is 0 Å². The van der Waals surface area contributed by atoms with Crippen molar-refractivity contribution in [2.75, 3.05) is 5.32 Å². The standard InChI is InChI=1S/C14H19FN2O3/c1-3-4-10(8-13(18)19)16-14(20)17-11-6-5-9(2)12(15)7-11/h5-7,10H,3-4,8H2,1-2H3,(H,18,19)(H2,16,17,20). The molecular weight excluding hydrogens is 263 g/mol. The van der Waals surface area contributed by atoms with E-state index in [1.54, 1.807) is 19.1 Å². The molecule has 0 heterocycles. The largest absolute Gasteiger partial charge is 0.481 e. The van der Waals surface area contributed by atoms with Crippen molar-refractivity contribution in [2.45, 2.75) is 39.2 Å². The van der Waals surface area contributed by atoms with Crippen LogP contribution in [0, 0.1) is 12.7 Å². The molecule has 2 amide bonds. The number of hydrogen-bond donors (Lipinski definition) is 3. The Morgan fingerprint density at radius 1 is 1.40 bits per heavy atom. The third kappa shape index (κ3) is 5.26. The molecule has 0 fully saturated rings. The first-order chi connectivity index (χ1) is 9.42. The highest BCUT2D eigenvalue weighted by Crippen LogP contribution is 2.13. The first-order valence-electron chi connectivity index (χ1n) is 6.47. The summed E-state index contributed by atoms with van der Waals surface area (Å²) in [6.07, 6.45) is 1.20. The molecule has 110 valence electrons. The summed E-state index contributed by atoms with van der Waals surface area (Å²) in [5.41, 5.74) is 0.821. The number of urea groups is 1. The van der Waals surface area contributed by atoms with E-state index in [1.165, 1.54) is 6.07 Å². The van der Waals surface area contributed by atoms with Gasteiger partial charge in [-0.05, 0) is 31.0 Å². The number of rotatable bonds is 6. The van der Waals surface area contributed by atoms with Gasteiger partial charge >= 0.3 is 12.0 Å². The van der Waals surface area contributed by atoms with Crippen LogP contribution < -0.4 is 10.6 Å². The number of nitrogens with one attached hydrogen (secondary N) is 2. The van der Waals surface area contributed by atoms with Crippen LogP contribution in [0.5, 0.6) is 0 Å². The number of carbonyl (C=O) groups is 2. The van der Waals surface area contributed by atoms with Crippen LogP contribution in [0.25, 0.3) is 0 Å². The van der Waals surface area contributed by atoms with Gasteiger partial charge in [0.25, 0.3) is 0 Å². The van der Waals surface area contributed by atoms with Gasteiger partial charge in [0.05, 0.1) is 6.42 Å². The topological polar surface area (TPSA) is 78.4 Å². The third-order valence-electron chi connectivity index (χ3n) is 2.82. The van der Waals surface area contributed by atoms with Crippen LogP contribution >= 0.6 is 0 Å². The summed E-state index contributed by atoms with van der Waals surface area (Å²) >= 11 is 0. The second-order valence-corrected chi connectivity index (χ2v) is 4.65. The van der Waals surface area contributed by atoms with Crippen molar-refractivity contribution in [3.63, 3.8) is 0 Å². The highest BCUT2D eigenvalue weighted by Gasteiger charge is 2.15. The summed E-state index contributed by atoms with van der Waals surface area (Å²) in [5.74, 6) is -1.37. The average Bonchev–Trinajstić information content (AvgIpc) is 2.33. The first-order valence-corrected chi connectivity index (χ1v) is 6.47. The fourth-order valence-corrected chi connectivity index (χ4v) is 1.81. The van der Waals surface area contributed by atoms with E-state index in [4.69, 9.17) is 5.11 Å². The Morgan fingerprint density at radius 2 is 2.10 bits per heavy atom. The minimum Gasteiger partial charge on any atom is -0.481 e. The molecule has 0 spiro atoms. The van der Waals surface area contributed by atoms with Crippen LogP contribution in [-0.2, 0) is 4.79 Å². The molecule has 0 saturated heterocycles. The van der Waals surface area contributed by atoms with Crippen molar-refractivity contribution < 1.29 is 19.1 Å². The van der Waals surface area contributed by atoms with E-state index < -0.39 is 23.9 Å². The van der Waals surface area contributed by atoms with Crippen molar-refractivity contribution in [3.05, 3.63) is 29.6 Å². The van der Waals surface area contributed by atoms with Crippen molar-refractivity contribution in [1.29, 1.82) is 0 Å². The number of carbonyl (C=O) groups excluding carboxylic acids is 1. The zero-order chi connectivity index (χ0) is 15.1. The number of carboxylic acids is 1. The van der Waals surface area contributed by atoms with E-state index in [0.717, 1.165) is 6.42 Å². The lowest BCUT2D eigenvalue weighted by Crippen LogP contribution is -2.39. The number of aryl methyl sites for hydroxylation is 1. The Hall–Kier alpha value is -2.11. The molecule has 0 aromatic heterocycles. The summed E-state index contributed by atoms with van der Waals surface area (Å²) in [7, 11) is 0. The van der Waals surface area contributed by atoms with Crippen molar-refractivity contribution in [3.8, 4) is 0 Å². The van der Waals surface area contributed by atoms with Gasteiger partial charge in [-0.2, -0.15) is 0 Å². The molecule has 1 atom stereocenters. The predicted molar refractivity (Wildman–Crippen MR) is 74.2 cm³/mol. The van der Waals surface area contributed by atoms with Gasteiger partial charge in [-0.3, -0.25) is 4.79 Å². The van der Waals surface area contributed by atoms with Gasteiger partial charge < -0.3 is 15.7 Å². The number of halogens is 1. The maximum atomic E-state index is 13.3. The summed E-state index contributed by atoms with van der Waals surface area (Å²) in [5, 5.41) is 13.8. The van der Waals surface area contributed by atoms with E-state index >= 15 is 0 Å². The normalized spacial score (nSPS) is 11.8. The van der Waals surface area contributed by atoms with E-state index in [2.05, 4.69) is 10.6 Å². The molecule has 3 N–H and O–H groups in total. The van der Waals surface area contributed by atoms with Crippen LogP contribution in [0.15, 0.2) is 18.2 Å². The monoisotopic (exact) mass is 282 g/mol. The Balaban J connectivity index is 2.60. The Kier molecular flexibility index (Phi) is 5.96. The molecule has 0 aliphatic heterocycles. The molecular formula is C14H19FN2O3. The lowest BCUT2D eigenvalue weighted by atomic mass is 10.1. The van der Waals surface area contributed by atoms with Crippen LogP contribution in [0.1, 0.15) is 31.7 Å². The smallest absolute Gasteiger partial charge is 0.319 e.